The van der Waals surface area contributed by atoms with Crippen LogP contribution in [0.15, 0.2) is 12.3 Å². The number of carbonyl (C=O) groups excluding carboxylic acids is 5. The van der Waals surface area contributed by atoms with Crippen molar-refractivity contribution in [2.24, 2.45) is 5.73 Å². The molecule has 30 atom stereocenters. The fourth-order valence-electron chi connectivity index (χ4n) is 11.4. The van der Waals surface area contributed by atoms with Crippen molar-refractivity contribution < 1.29 is 152 Å². The molecular formula is C53H89N7O31S. The average Bonchev–Trinajstić information content (AvgIpc) is 0.786. The molecule has 6 rings (SSSR count). The van der Waals surface area contributed by atoms with Gasteiger partial charge in [0.15, 0.2) is 49.8 Å². The lowest BCUT2D eigenvalue weighted by Gasteiger charge is -2.51. The lowest BCUT2D eigenvalue weighted by atomic mass is 9.92. The van der Waals surface area contributed by atoms with E-state index in [4.69, 9.17) is 62.6 Å². The summed E-state index contributed by atoms with van der Waals surface area (Å²) in [5, 5.41) is 161. The maximum absolute atomic E-state index is 14.2. The fraction of sp³-hybridized carbons (Fsp3) is 0.849. The Labute approximate surface area is 531 Å². The summed E-state index contributed by atoms with van der Waals surface area (Å²) in [5.41, 5.74) is 6.36. The molecule has 0 radical (unpaired) electrons. The maximum atomic E-state index is 14.2. The van der Waals surface area contributed by atoms with Crippen molar-refractivity contribution in [2.75, 3.05) is 58.9 Å². The number of methoxy groups -OCH3 is 1. The van der Waals surface area contributed by atoms with Crippen molar-refractivity contribution in [2.45, 2.75) is 224 Å². The Morgan fingerprint density at radius 1 is 0.478 bits per heavy atom. The number of thiol groups is 1. The Morgan fingerprint density at radius 2 is 0.837 bits per heavy atom. The third-order valence-corrected chi connectivity index (χ3v) is 16.3. The van der Waals surface area contributed by atoms with E-state index in [1.54, 1.807) is 0 Å². The Balaban J connectivity index is 1.26. The zero-order valence-corrected chi connectivity index (χ0v) is 51.7. The molecule has 30 unspecified atom stereocenters. The highest BCUT2D eigenvalue weighted by Crippen LogP contribution is 2.38. The number of hydrogen-bond donors (Lipinski definition) is 21. The van der Waals surface area contributed by atoms with Gasteiger partial charge >= 0.3 is 5.97 Å². The number of nitrogens with two attached hydrogens (primary N) is 1. The summed E-state index contributed by atoms with van der Waals surface area (Å²) in [5.74, 6) is -5.74. The van der Waals surface area contributed by atoms with Crippen molar-refractivity contribution in [3.05, 3.63) is 12.3 Å². The molecule has 0 aromatic rings. The van der Waals surface area contributed by atoms with Gasteiger partial charge in [-0.3, -0.25) is 24.0 Å². The van der Waals surface area contributed by atoms with Crippen LogP contribution in [0.2, 0.25) is 0 Å². The molecule has 6 aliphatic heterocycles. The topological polar surface area (TPSA) is 574 Å². The summed E-state index contributed by atoms with van der Waals surface area (Å²) >= 11 is 4.18. The van der Waals surface area contributed by atoms with E-state index in [9.17, 15) is 95.2 Å². The molecule has 6 saturated heterocycles. The monoisotopic (exact) mass is 1350 g/mol. The van der Waals surface area contributed by atoms with Crippen LogP contribution in [-0.4, -0.2) is 345 Å². The summed E-state index contributed by atoms with van der Waals surface area (Å²) < 4.78 is 70.2. The Kier molecular flexibility index (Phi) is 29.3. The van der Waals surface area contributed by atoms with E-state index in [0.29, 0.717) is 17.9 Å². The van der Waals surface area contributed by atoms with Gasteiger partial charge in [-0.15, -0.1) is 0 Å². The van der Waals surface area contributed by atoms with Crippen LogP contribution < -0.4 is 37.6 Å². The number of amides is 5. The van der Waals surface area contributed by atoms with Gasteiger partial charge in [-0.1, -0.05) is 6.58 Å². The second-order valence-electron chi connectivity index (χ2n) is 22.7. The number of carboxylic acids is 1. The van der Waals surface area contributed by atoms with Crippen molar-refractivity contribution >= 4 is 48.1 Å². The first-order valence-corrected chi connectivity index (χ1v) is 30.2. The van der Waals surface area contributed by atoms with Gasteiger partial charge in [-0.25, -0.2) is 4.79 Å². The predicted octanol–water partition coefficient (Wildman–Crippen LogP) is -11.8. The van der Waals surface area contributed by atoms with Gasteiger partial charge < -0.3 is 161 Å². The van der Waals surface area contributed by atoms with E-state index in [-0.39, 0.29) is 26.2 Å². The third kappa shape index (κ3) is 18.4. The van der Waals surface area contributed by atoms with Crippen LogP contribution in [-0.2, 0) is 85.6 Å². The second-order valence-corrected chi connectivity index (χ2v) is 23.1. The fourth-order valence-corrected chi connectivity index (χ4v) is 11.5. The van der Waals surface area contributed by atoms with Crippen LogP contribution in [0.1, 0.15) is 40.5 Å². The lowest BCUT2D eigenvalue weighted by molar-refractivity contribution is -0.375. The van der Waals surface area contributed by atoms with E-state index in [0.717, 1.165) is 34.3 Å². The molecule has 0 saturated carbocycles. The number of aliphatic carboxylic acids is 1. The number of aliphatic hydroxyl groups is 12. The molecule has 21 N–H and O–H groups in total. The quantitative estimate of drug-likeness (QED) is 0.0244. The highest BCUT2D eigenvalue weighted by molar-refractivity contribution is 7.80. The number of aliphatic hydroxyl groups excluding tert-OH is 12. The van der Waals surface area contributed by atoms with Gasteiger partial charge in [0.25, 0.3) is 11.8 Å². The molecule has 38 nitrogen and oxygen atoms in total. The molecule has 0 spiro atoms. The molecule has 528 valence electrons. The number of hydrogen-bond acceptors (Lipinski definition) is 33. The Morgan fingerprint density at radius 3 is 1.24 bits per heavy atom. The molecule has 39 heteroatoms. The SMILES string of the molecule is C=C(CCCS)NCCNC(=O)C1OC(OC2C(O)C(CO)OC(OC3C(C(=O)NCCN)OC(OC4C(O)C(CO)OC(OC5C(C(=O)O)OC(OC6C(O)C(CO)OC(C)C6NC(C)=O)C(O)C5O)C4NC(C)=O)C(O)C3O)C2NC(C)=O)C(O)C(O)C1OC. The zero-order valence-electron chi connectivity index (χ0n) is 50.8. The third-order valence-electron chi connectivity index (χ3n) is 16.0. The molecule has 6 heterocycles. The number of carboxylic acid groups (broad SMARTS) is 1. The number of ether oxygens (including phenoxy) is 12. The first-order valence-electron chi connectivity index (χ1n) is 29.6. The van der Waals surface area contributed by atoms with Crippen LogP contribution >= 0.6 is 12.6 Å². The molecular weight excluding hydrogens is 1260 g/mol. The summed E-state index contributed by atoms with van der Waals surface area (Å²) in [4.78, 5) is 78.8. The summed E-state index contributed by atoms with van der Waals surface area (Å²) in [6, 6.07) is -4.98. The Bertz CT molecular complexity index is 2440. The van der Waals surface area contributed by atoms with E-state index >= 15 is 0 Å². The highest BCUT2D eigenvalue weighted by atomic mass is 32.1. The van der Waals surface area contributed by atoms with Gasteiger partial charge in [0.2, 0.25) is 17.7 Å². The number of nitrogens with one attached hydrogen (secondary N) is 6. The first kappa shape index (κ1) is 76.7. The summed E-state index contributed by atoms with van der Waals surface area (Å²) in [6.07, 6.45) is -52.3. The van der Waals surface area contributed by atoms with E-state index in [1.807, 2.05) is 0 Å². The van der Waals surface area contributed by atoms with Gasteiger partial charge in [0, 0.05) is 59.8 Å². The van der Waals surface area contributed by atoms with E-state index in [1.165, 1.54) is 6.92 Å². The summed E-state index contributed by atoms with van der Waals surface area (Å²) in [6.45, 7) is 5.25. The number of carbonyl (C=O) groups is 6. The molecule has 0 aromatic carbocycles. The molecule has 92 heavy (non-hydrogen) atoms. The first-order chi connectivity index (χ1) is 43.6. The lowest BCUT2D eigenvalue weighted by Crippen LogP contribution is -2.71. The van der Waals surface area contributed by atoms with Crippen molar-refractivity contribution in [1.82, 2.24) is 31.9 Å². The second kappa shape index (κ2) is 35.1. The van der Waals surface area contributed by atoms with Crippen LogP contribution in [0.5, 0.6) is 0 Å². The van der Waals surface area contributed by atoms with Crippen molar-refractivity contribution in [3.63, 3.8) is 0 Å². The van der Waals surface area contributed by atoms with E-state index < -0.39 is 239 Å². The summed E-state index contributed by atoms with van der Waals surface area (Å²) in [7, 11) is 1.13. The molecule has 6 fully saturated rings. The number of rotatable bonds is 29. The van der Waals surface area contributed by atoms with Gasteiger partial charge in [0.05, 0.1) is 32.0 Å². The normalized spacial score (nSPS) is 41.6. The molecule has 0 aliphatic carbocycles. The zero-order chi connectivity index (χ0) is 68.2. The highest BCUT2D eigenvalue weighted by Gasteiger charge is 2.60. The van der Waals surface area contributed by atoms with Gasteiger partial charge in [0.1, 0.15) is 122 Å². The average molecular weight is 1350 g/mol. The predicted molar refractivity (Wildman–Crippen MR) is 304 cm³/mol. The van der Waals surface area contributed by atoms with Crippen LogP contribution in [0.4, 0.5) is 0 Å². The standard InChI is InChI=1S/C53H89N7O31S/c1-17(8-7-13-92)55-11-12-57-46(76)43-40(80-6)31(70)34(73)51(89-43)85-38-26(59-20(4)65)49(82-23(15-62)29(38)68)87-41-32(71)35(74)52(90-44(41)47(77)56-10-9-54)86-39-27(60-21(5)66)50(83-24(16-63)30(39)69)88-42-33(72)36(75)53(91-45(42)48(78)79)84-37-25(58-19(3)64)18(2)81-22(14-61)28(37)67/h18,22-45,49-53,55,61-63,67-75,92H,1,7-16,54H2,2-6H3,(H,56,77)(H,57,76)(H,58,64)(H,59,65)(H,60,66)(H,78,79). The van der Waals surface area contributed by atoms with Crippen LogP contribution in [0.25, 0.3) is 0 Å². The molecule has 0 aromatic heterocycles. The van der Waals surface area contributed by atoms with Gasteiger partial charge in [-0.2, -0.15) is 12.6 Å². The largest absolute Gasteiger partial charge is 0.479 e. The van der Waals surface area contributed by atoms with Crippen LogP contribution in [0.3, 0.4) is 0 Å². The van der Waals surface area contributed by atoms with Gasteiger partial charge in [-0.05, 0) is 25.5 Å². The van der Waals surface area contributed by atoms with E-state index in [2.05, 4.69) is 51.1 Å². The minimum atomic E-state index is -2.42. The number of allylic oxidation sites excluding steroid dienone is 1. The molecule has 6 aliphatic rings. The van der Waals surface area contributed by atoms with Crippen molar-refractivity contribution in [3.8, 4) is 0 Å². The minimum absolute atomic E-state index is 0.00734. The molecule has 0 bridgehead atoms. The minimum Gasteiger partial charge on any atom is -0.479 e. The smallest absolute Gasteiger partial charge is 0.335 e. The van der Waals surface area contributed by atoms with Crippen LogP contribution in [0, 0.1) is 0 Å². The Hall–Kier alpha value is -4.29. The van der Waals surface area contributed by atoms with Crippen molar-refractivity contribution in [1.29, 1.82) is 0 Å². The molecule has 5 amide bonds. The maximum Gasteiger partial charge on any atom is 0.335 e.